The van der Waals surface area contributed by atoms with Crippen molar-refractivity contribution in [1.29, 1.82) is 0 Å². The maximum Gasteiger partial charge on any atom is 0.349 e. The molecule has 0 aliphatic carbocycles. The van der Waals surface area contributed by atoms with Crippen LogP contribution in [-0.2, 0) is 11.2 Å². The van der Waals surface area contributed by atoms with E-state index in [4.69, 9.17) is 10.2 Å². The fraction of sp³-hybridized carbons (Fsp3) is 0.533. The van der Waals surface area contributed by atoms with E-state index in [0.29, 0.717) is 23.7 Å². The Balaban J connectivity index is 2.97. The molecule has 0 bridgehead atoms. The van der Waals surface area contributed by atoms with Crippen molar-refractivity contribution in [3.8, 4) is 0 Å². The van der Waals surface area contributed by atoms with Crippen LogP contribution in [0.3, 0.4) is 0 Å². The van der Waals surface area contributed by atoms with Crippen molar-refractivity contribution in [2.75, 3.05) is 0 Å². The highest BCUT2D eigenvalue weighted by molar-refractivity contribution is 5.97. The molecule has 116 valence electrons. The van der Waals surface area contributed by atoms with Crippen LogP contribution in [0.5, 0.6) is 0 Å². The summed E-state index contributed by atoms with van der Waals surface area (Å²) in [5, 5.41) is 2.37. The topological polar surface area (TPSA) is 102 Å². The molecular weight excluding hydrogens is 272 g/mol. The predicted molar refractivity (Wildman–Crippen MR) is 79.0 cm³/mol. The summed E-state index contributed by atoms with van der Waals surface area (Å²) in [6.07, 6.45) is 1.54. The van der Waals surface area contributed by atoms with Crippen molar-refractivity contribution in [2.24, 2.45) is 11.7 Å². The molecule has 0 radical (unpaired) electrons. The van der Waals surface area contributed by atoms with Gasteiger partial charge in [-0.25, -0.2) is 4.79 Å². The molecule has 0 aliphatic heterocycles. The van der Waals surface area contributed by atoms with Gasteiger partial charge in [0.1, 0.15) is 17.4 Å². The number of carbonyl (C=O) groups excluding carboxylic acids is 2. The molecule has 1 atom stereocenters. The van der Waals surface area contributed by atoms with Gasteiger partial charge in [-0.2, -0.15) is 0 Å². The molecule has 1 heterocycles. The van der Waals surface area contributed by atoms with Gasteiger partial charge in [0.15, 0.2) is 0 Å². The molecule has 1 rings (SSSR count). The van der Waals surface area contributed by atoms with Gasteiger partial charge < -0.3 is 15.5 Å². The minimum Gasteiger partial charge on any atom is -0.427 e. The average Bonchev–Trinajstić information content (AvgIpc) is 2.35. The van der Waals surface area contributed by atoms with Crippen LogP contribution in [0.25, 0.3) is 0 Å². The minimum absolute atomic E-state index is 0.0867. The smallest absolute Gasteiger partial charge is 0.349 e. The van der Waals surface area contributed by atoms with Crippen molar-refractivity contribution in [3.63, 3.8) is 0 Å². The third-order valence-corrected chi connectivity index (χ3v) is 3.17. The third kappa shape index (κ3) is 4.73. The van der Waals surface area contributed by atoms with Crippen LogP contribution in [0.1, 0.15) is 48.9 Å². The SMILES string of the molecule is Cc1cc(CCC(C)C)oc(=O)c1C(=O)N[C@@H](C)C(N)=O. The standard InChI is InChI=1S/C15H22N2O4/c1-8(2)5-6-11-7-9(3)12(15(20)21-11)14(19)17-10(4)13(16)18/h7-8,10H,5-6H2,1-4H3,(H2,16,18)(H,17,19)/t10-/m0/s1. The van der Waals surface area contributed by atoms with E-state index in [9.17, 15) is 14.4 Å². The average molecular weight is 294 g/mol. The Morgan fingerprint density at radius 1 is 1.33 bits per heavy atom. The molecule has 0 aromatic carbocycles. The number of rotatable bonds is 6. The van der Waals surface area contributed by atoms with Gasteiger partial charge in [-0.05, 0) is 37.8 Å². The molecule has 6 nitrogen and oxygen atoms in total. The molecule has 2 amide bonds. The van der Waals surface area contributed by atoms with Gasteiger partial charge >= 0.3 is 5.63 Å². The Bertz CT molecular complexity index is 590. The monoisotopic (exact) mass is 294 g/mol. The normalized spacial score (nSPS) is 12.2. The Morgan fingerprint density at radius 3 is 2.43 bits per heavy atom. The fourth-order valence-electron chi connectivity index (χ4n) is 1.84. The molecule has 6 heteroatoms. The molecule has 0 spiro atoms. The van der Waals surface area contributed by atoms with Crippen LogP contribution >= 0.6 is 0 Å². The largest absolute Gasteiger partial charge is 0.427 e. The van der Waals surface area contributed by atoms with Crippen LogP contribution in [0.2, 0.25) is 0 Å². The van der Waals surface area contributed by atoms with E-state index in [1.165, 1.54) is 6.92 Å². The predicted octanol–water partition coefficient (Wildman–Crippen LogP) is 1.14. The Morgan fingerprint density at radius 2 is 1.95 bits per heavy atom. The zero-order chi connectivity index (χ0) is 16.2. The molecule has 1 aromatic heterocycles. The Labute approximate surface area is 123 Å². The first-order chi connectivity index (χ1) is 9.72. The van der Waals surface area contributed by atoms with Crippen molar-refractivity contribution in [2.45, 2.75) is 46.6 Å². The molecular formula is C15H22N2O4. The van der Waals surface area contributed by atoms with Crippen LogP contribution in [0, 0.1) is 12.8 Å². The minimum atomic E-state index is -0.850. The Kier molecular flexibility index (Phi) is 5.69. The lowest BCUT2D eigenvalue weighted by molar-refractivity contribution is -0.119. The summed E-state index contributed by atoms with van der Waals surface area (Å²) in [7, 11) is 0. The van der Waals surface area contributed by atoms with Crippen LogP contribution in [0.15, 0.2) is 15.3 Å². The van der Waals surface area contributed by atoms with Crippen LogP contribution < -0.4 is 16.7 Å². The van der Waals surface area contributed by atoms with Crippen molar-refractivity contribution in [1.82, 2.24) is 5.32 Å². The number of nitrogens with two attached hydrogens (primary N) is 1. The Hall–Kier alpha value is -2.11. The maximum atomic E-state index is 12.0. The maximum absolute atomic E-state index is 12.0. The first-order valence-corrected chi connectivity index (χ1v) is 6.96. The van der Waals surface area contributed by atoms with Gasteiger partial charge in [0.25, 0.3) is 5.91 Å². The van der Waals surface area contributed by atoms with E-state index < -0.39 is 23.5 Å². The molecule has 0 aliphatic rings. The highest BCUT2D eigenvalue weighted by Gasteiger charge is 2.20. The molecule has 0 fully saturated rings. The molecule has 0 saturated carbocycles. The lowest BCUT2D eigenvalue weighted by atomic mass is 10.0. The second-order valence-corrected chi connectivity index (χ2v) is 5.59. The van der Waals surface area contributed by atoms with Gasteiger partial charge in [0, 0.05) is 6.42 Å². The van der Waals surface area contributed by atoms with Crippen molar-refractivity contribution in [3.05, 3.63) is 33.4 Å². The summed E-state index contributed by atoms with van der Waals surface area (Å²) in [6, 6.07) is 0.838. The van der Waals surface area contributed by atoms with E-state index >= 15 is 0 Å². The van der Waals surface area contributed by atoms with Crippen molar-refractivity contribution < 1.29 is 14.0 Å². The number of nitrogens with one attached hydrogen (secondary N) is 1. The first-order valence-electron chi connectivity index (χ1n) is 6.96. The van der Waals surface area contributed by atoms with Gasteiger partial charge in [0.2, 0.25) is 5.91 Å². The van der Waals surface area contributed by atoms with E-state index in [0.717, 1.165) is 6.42 Å². The number of hydrogen-bond donors (Lipinski definition) is 2. The number of aryl methyl sites for hydroxylation is 2. The van der Waals surface area contributed by atoms with E-state index in [-0.39, 0.29) is 5.56 Å². The summed E-state index contributed by atoms with van der Waals surface area (Å²) >= 11 is 0. The lowest BCUT2D eigenvalue weighted by Crippen LogP contribution is -2.43. The van der Waals surface area contributed by atoms with Gasteiger partial charge in [0.05, 0.1) is 0 Å². The number of hydrogen-bond acceptors (Lipinski definition) is 4. The number of primary amides is 1. The number of carbonyl (C=O) groups is 2. The number of amides is 2. The second kappa shape index (κ2) is 7.06. The van der Waals surface area contributed by atoms with Crippen LogP contribution in [0.4, 0.5) is 0 Å². The third-order valence-electron chi connectivity index (χ3n) is 3.17. The molecule has 3 N–H and O–H groups in total. The summed E-state index contributed by atoms with van der Waals surface area (Å²) < 4.78 is 5.17. The van der Waals surface area contributed by atoms with Gasteiger partial charge in [-0.3, -0.25) is 9.59 Å². The molecule has 0 saturated heterocycles. The molecule has 1 aromatic rings. The van der Waals surface area contributed by atoms with Crippen LogP contribution in [-0.4, -0.2) is 17.9 Å². The molecule has 21 heavy (non-hydrogen) atoms. The van der Waals surface area contributed by atoms with Gasteiger partial charge in [-0.1, -0.05) is 13.8 Å². The van der Waals surface area contributed by atoms with E-state index in [1.54, 1.807) is 13.0 Å². The zero-order valence-corrected chi connectivity index (χ0v) is 12.9. The quantitative estimate of drug-likeness (QED) is 0.821. The lowest BCUT2D eigenvalue weighted by Gasteiger charge is -2.11. The van der Waals surface area contributed by atoms with Crippen molar-refractivity contribution >= 4 is 11.8 Å². The summed E-state index contributed by atoms with van der Waals surface area (Å²) in [5.74, 6) is -0.261. The molecule has 0 unspecified atom stereocenters. The van der Waals surface area contributed by atoms with E-state index in [2.05, 4.69) is 19.2 Å². The van der Waals surface area contributed by atoms with E-state index in [1.807, 2.05) is 0 Å². The summed E-state index contributed by atoms with van der Waals surface area (Å²) in [6.45, 7) is 7.28. The highest BCUT2D eigenvalue weighted by atomic mass is 16.4. The zero-order valence-electron chi connectivity index (χ0n) is 12.9. The highest BCUT2D eigenvalue weighted by Crippen LogP contribution is 2.11. The second-order valence-electron chi connectivity index (χ2n) is 5.59. The first kappa shape index (κ1) is 16.9. The summed E-state index contributed by atoms with van der Waals surface area (Å²) in [4.78, 5) is 34.9. The van der Waals surface area contributed by atoms with Gasteiger partial charge in [-0.15, -0.1) is 0 Å². The fourth-order valence-corrected chi connectivity index (χ4v) is 1.84. The summed E-state index contributed by atoms with van der Waals surface area (Å²) in [5.41, 5.74) is 4.82.